The Morgan fingerprint density at radius 1 is 1.52 bits per heavy atom. The topological polar surface area (TPSA) is 63.3 Å². The Balaban J connectivity index is 1.72. The lowest BCUT2D eigenvalue weighted by atomic mass is 9.91. The van der Waals surface area contributed by atoms with Gasteiger partial charge in [0.15, 0.2) is 5.69 Å². The van der Waals surface area contributed by atoms with Crippen molar-refractivity contribution in [3.63, 3.8) is 0 Å². The fraction of sp³-hybridized carbons (Fsp3) is 0.600. The summed E-state index contributed by atoms with van der Waals surface area (Å²) in [6, 6.07) is 2.32. The molecular weight excluding hydrogens is 360 g/mol. The van der Waals surface area contributed by atoms with Crippen molar-refractivity contribution in [1.82, 2.24) is 20.0 Å². The minimum absolute atomic E-state index is 0.0114. The predicted molar refractivity (Wildman–Crippen MR) is 109 cm³/mol. The van der Waals surface area contributed by atoms with Crippen molar-refractivity contribution < 1.29 is 9.21 Å². The fourth-order valence-corrected chi connectivity index (χ4v) is 4.16. The zero-order chi connectivity index (χ0) is 19.2. The van der Waals surface area contributed by atoms with Gasteiger partial charge in [0.25, 0.3) is 5.91 Å². The van der Waals surface area contributed by atoms with Crippen LogP contribution in [0.4, 0.5) is 0 Å². The van der Waals surface area contributed by atoms with Gasteiger partial charge < -0.3 is 14.6 Å². The van der Waals surface area contributed by atoms with Crippen molar-refractivity contribution >= 4 is 17.7 Å². The molecule has 0 aliphatic heterocycles. The molecule has 2 heterocycles. The first kappa shape index (κ1) is 20.0. The van der Waals surface area contributed by atoms with E-state index in [2.05, 4.69) is 23.6 Å². The Bertz CT molecular complexity index is 742. The maximum absolute atomic E-state index is 13.1. The van der Waals surface area contributed by atoms with Gasteiger partial charge in [-0.1, -0.05) is 0 Å². The second kappa shape index (κ2) is 9.46. The highest BCUT2D eigenvalue weighted by Gasteiger charge is 2.30. The molecule has 6 nitrogen and oxygen atoms in total. The molecule has 1 aliphatic carbocycles. The van der Waals surface area contributed by atoms with Gasteiger partial charge in [-0.2, -0.15) is 16.9 Å². The SMILES string of the molecule is CCn1nc(C(=O)N(C)Cc2ccoc2)c2c1CCC(NCCCSC)C2. The summed E-state index contributed by atoms with van der Waals surface area (Å²) in [6.45, 7) is 4.45. The van der Waals surface area contributed by atoms with Crippen molar-refractivity contribution in [2.45, 2.75) is 51.7 Å². The molecule has 1 unspecified atom stereocenters. The standard InChI is InChI=1S/C20H30N4O2S/c1-4-24-18-7-6-16(21-9-5-11-27-3)12-17(18)19(22-24)20(25)23(2)13-15-8-10-26-14-15/h8,10,14,16,21H,4-7,9,11-13H2,1-3H3. The van der Waals surface area contributed by atoms with E-state index in [-0.39, 0.29) is 5.91 Å². The zero-order valence-corrected chi connectivity index (χ0v) is 17.3. The summed E-state index contributed by atoms with van der Waals surface area (Å²) in [4.78, 5) is 14.8. The van der Waals surface area contributed by atoms with Gasteiger partial charge >= 0.3 is 0 Å². The molecule has 27 heavy (non-hydrogen) atoms. The maximum atomic E-state index is 13.1. The molecule has 2 aromatic rings. The summed E-state index contributed by atoms with van der Waals surface area (Å²) in [5, 5.41) is 8.34. The third kappa shape index (κ3) is 4.76. The summed E-state index contributed by atoms with van der Waals surface area (Å²) in [5.41, 5.74) is 3.98. The van der Waals surface area contributed by atoms with E-state index in [1.165, 1.54) is 17.9 Å². The van der Waals surface area contributed by atoms with Crippen LogP contribution in [-0.4, -0.2) is 52.2 Å². The first-order valence-corrected chi connectivity index (χ1v) is 11.1. The number of aromatic nitrogens is 2. The lowest BCUT2D eigenvalue weighted by molar-refractivity contribution is 0.0777. The van der Waals surface area contributed by atoms with Crippen LogP contribution in [0.2, 0.25) is 0 Å². The maximum Gasteiger partial charge on any atom is 0.274 e. The van der Waals surface area contributed by atoms with Gasteiger partial charge in [0, 0.05) is 43.0 Å². The van der Waals surface area contributed by atoms with Crippen LogP contribution < -0.4 is 5.32 Å². The lowest BCUT2D eigenvalue weighted by Crippen LogP contribution is -2.36. The molecule has 2 aromatic heterocycles. The molecule has 0 saturated heterocycles. The minimum atomic E-state index is -0.0114. The van der Waals surface area contributed by atoms with Gasteiger partial charge in [-0.15, -0.1) is 0 Å². The van der Waals surface area contributed by atoms with Crippen LogP contribution in [-0.2, 0) is 25.9 Å². The zero-order valence-electron chi connectivity index (χ0n) is 16.5. The van der Waals surface area contributed by atoms with Gasteiger partial charge in [0.1, 0.15) is 0 Å². The van der Waals surface area contributed by atoms with E-state index >= 15 is 0 Å². The Morgan fingerprint density at radius 2 is 2.37 bits per heavy atom. The number of amides is 1. The monoisotopic (exact) mass is 390 g/mol. The number of carbonyl (C=O) groups is 1. The van der Waals surface area contributed by atoms with Crippen molar-refractivity contribution in [2.24, 2.45) is 0 Å². The van der Waals surface area contributed by atoms with Gasteiger partial charge in [0.05, 0.1) is 12.5 Å². The van der Waals surface area contributed by atoms with Gasteiger partial charge in [-0.3, -0.25) is 9.48 Å². The highest BCUT2D eigenvalue weighted by molar-refractivity contribution is 7.98. The first-order valence-electron chi connectivity index (χ1n) is 9.71. The van der Waals surface area contributed by atoms with Gasteiger partial charge in [-0.05, 0) is 57.2 Å². The van der Waals surface area contributed by atoms with E-state index in [1.54, 1.807) is 17.4 Å². The van der Waals surface area contributed by atoms with Gasteiger partial charge in [-0.25, -0.2) is 0 Å². The third-order valence-corrected chi connectivity index (χ3v) is 5.85. The second-order valence-corrected chi connectivity index (χ2v) is 8.11. The smallest absolute Gasteiger partial charge is 0.274 e. The summed E-state index contributed by atoms with van der Waals surface area (Å²) in [5.74, 6) is 1.17. The number of hydrogen-bond acceptors (Lipinski definition) is 5. The number of fused-ring (bicyclic) bond motifs is 1. The lowest BCUT2D eigenvalue weighted by Gasteiger charge is -2.25. The minimum Gasteiger partial charge on any atom is -0.472 e. The highest BCUT2D eigenvalue weighted by atomic mass is 32.2. The molecule has 3 rings (SSSR count). The molecule has 0 aromatic carbocycles. The molecule has 7 heteroatoms. The number of hydrogen-bond donors (Lipinski definition) is 1. The quantitative estimate of drug-likeness (QED) is 0.667. The van der Waals surface area contributed by atoms with E-state index in [4.69, 9.17) is 4.42 Å². The molecular formula is C20H30N4O2S. The van der Waals surface area contributed by atoms with Crippen molar-refractivity contribution in [2.75, 3.05) is 25.6 Å². The normalized spacial score (nSPS) is 16.3. The molecule has 148 valence electrons. The second-order valence-electron chi connectivity index (χ2n) is 7.12. The number of thioether (sulfide) groups is 1. The van der Waals surface area contributed by atoms with E-state index in [0.29, 0.717) is 18.3 Å². The van der Waals surface area contributed by atoms with Crippen LogP contribution in [0.25, 0.3) is 0 Å². The molecule has 0 saturated carbocycles. The van der Waals surface area contributed by atoms with Crippen molar-refractivity contribution in [3.8, 4) is 0 Å². The Labute approximate surface area is 165 Å². The van der Waals surface area contributed by atoms with Gasteiger partial charge in [0.2, 0.25) is 0 Å². The summed E-state index contributed by atoms with van der Waals surface area (Å²) in [6.07, 6.45) is 9.61. The number of nitrogens with zero attached hydrogens (tertiary/aromatic N) is 3. The molecule has 1 atom stereocenters. The van der Waals surface area contributed by atoms with E-state index in [0.717, 1.165) is 43.5 Å². The van der Waals surface area contributed by atoms with Crippen molar-refractivity contribution in [3.05, 3.63) is 41.1 Å². The Hall–Kier alpha value is -1.73. The summed E-state index contributed by atoms with van der Waals surface area (Å²) >= 11 is 1.88. The van der Waals surface area contributed by atoms with Crippen LogP contribution in [0, 0.1) is 0 Å². The van der Waals surface area contributed by atoms with E-state index < -0.39 is 0 Å². The number of furan rings is 1. The van der Waals surface area contributed by atoms with Crippen LogP contribution in [0.15, 0.2) is 23.0 Å². The summed E-state index contributed by atoms with van der Waals surface area (Å²) < 4.78 is 7.13. The molecule has 1 aliphatic rings. The van der Waals surface area contributed by atoms with Crippen LogP contribution in [0.5, 0.6) is 0 Å². The van der Waals surface area contributed by atoms with E-state index in [9.17, 15) is 4.79 Å². The van der Waals surface area contributed by atoms with Crippen LogP contribution in [0.3, 0.4) is 0 Å². The summed E-state index contributed by atoms with van der Waals surface area (Å²) in [7, 11) is 1.83. The largest absolute Gasteiger partial charge is 0.472 e. The first-order chi connectivity index (χ1) is 13.1. The van der Waals surface area contributed by atoms with Crippen molar-refractivity contribution in [1.29, 1.82) is 0 Å². The molecule has 1 N–H and O–H groups in total. The number of rotatable bonds is 9. The Kier molecular flexibility index (Phi) is 7.01. The third-order valence-electron chi connectivity index (χ3n) is 5.15. The number of aryl methyl sites for hydroxylation is 1. The average Bonchev–Trinajstić information content (AvgIpc) is 3.31. The van der Waals surface area contributed by atoms with E-state index in [1.807, 2.05) is 29.6 Å². The average molecular weight is 391 g/mol. The molecule has 0 radical (unpaired) electrons. The number of carbonyl (C=O) groups excluding carboxylic acids is 1. The fourth-order valence-electron chi connectivity index (χ4n) is 3.73. The number of nitrogens with one attached hydrogen (secondary N) is 1. The molecule has 1 amide bonds. The predicted octanol–water partition coefficient (Wildman–Crippen LogP) is 2.97. The molecule has 0 bridgehead atoms. The van der Waals surface area contributed by atoms with Crippen LogP contribution in [0.1, 0.15) is 47.1 Å². The molecule has 0 fully saturated rings. The van der Waals surface area contributed by atoms with Crippen LogP contribution >= 0.6 is 11.8 Å². The Morgan fingerprint density at radius 3 is 3.07 bits per heavy atom. The highest BCUT2D eigenvalue weighted by Crippen LogP contribution is 2.26. The molecule has 0 spiro atoms.